The number of aromatic nitrogens is 2. The van der Waals surface area contributed by atoms with Crippen LogP contribution in [0, 0.1) is 5.92 Å². The van der Waals surface area contributed by atoms with Gasteiger partial charge in [0, 0.05) is 0 Å². The number of ether oxygens (including phenoxy) is 1. The van der Waals surface area contributed by atoms with Gasteiger partial charge in [-0.3, -0.25) is 0 Å². The van der Waals surface area contributed by atoms with E-state index in [4.69, 9.17) is 14.7 Å². The van der Waals surface area contributed by atoms with Crippen LogP contribution in [-0.2, 0) is 13.0 Å². The van der Waals surface area contributed by atoms with Gasteiger partial charge in [0.25, 0.3) is 0 Å². The van der Waals surface area contributed by atoms with Crippen molar-refractivity contribution in [2.45, 2.75) is 52.1 Å². The van der Waals surface area contributed by atoms with Gasteiger partial charge in [-0.15, -0.1) is 0 Å². The van der Waals surface area contributed by atoms with Crippen LogP contribution in [-0.4, -0.2) is 9.97 Å². The second-order valence-electron chi connectivity index (χ2n) is 8.35. The molecule has 1 heterocycles. The molecule has 4 aromatic rings. The molecular weight excluding hydrogens is 368 g/mol. The summed E-state index contributed by atoms with van der Waals surface area (Å²) in [7, 11) is 0. The minimum absolute atomic E-state index is 0.539. The maximum Gasteiger partial charge on any atom is 0.147 e. The lowest BCUT2D eigenvalue weighted by atomic mass is 9.72. The summed E-state index contributed by atoms with van der Waals surface area (Å²) in [6, 6.07) is 20.8. The average Bonchev–Trinajstić information content (AvgIpc) is 2.81. The quantitative estimate of drug-likeness (QED) is 0.347. The Bertz CT molecular complexity index is 1190. The monoisotopic (exact) mass is 396 g/mol. The van der Waals surface area contributed by atoms with Crippen LogP contribution in [0.3, 0.4) is 0 Å². The van der Waals surface area contributed by atoms with E-state index in [0.29, 0.717) is 12.5 Å². The number of benzene rings is 3. The SMILES string of the molecule is CCC1CCc2c(cc(OCc3ccccc3)c3nc4ccccc4nc23)C1CC. The zero-order chi connectivity index (χ0) is 20.5. The third kappa shape index (κ3) is 3.32. The molecule has 1 aliphatic carbocycles. The smallest absolute Gasteiger partial charge is 0.147 e. The molecule has 1 aromatic heterocycles. The first kappa shape index (κ1) is 19.0. The molecule has 0 N–H and O–H groups in total. The summed E-state index contributed by atoms with van der Waals surface area (Å²) in [6.07, 6.45) is 4.68. The molecule has 2 unspecified atom stereocenters. The zero-order valence-corrected chi connectivity index (χ0v) is 17.8. The molecule has 30 heavy (non-hydrogen) atoms. The molecular formula is C27H28N2O. The van der Waals surface area contributed by atoms with Crippen molar-refractivity contribution in [2.24, 2.45) is 5.92 Å². The first-order chi connectivity index (χ1) is 14.8. The molecule has 0 aliphatic heterocycles. The average molecular weight is 397 g/mol. The number of aryl methyl sites for hydroxylation is 1. The fourth-order valence-electron chi connectivity index (χ4n) is 5.08. The van der Waals surface area contributed by atoms with Crippen LogP contribution in [0.5, 0.6) is 5.75 Å². The summed E-state index contributed by atoms with van der Waals surface area (Å²) in [5.74, 6) is 2.16. The molecule has 3 heteroatoms. The molecule has 0 amide bonds. The summed E-state index contributed by atoms with van der Waals surface area (Å²) in [5, 5.41) is 0. The summed E-state index contributed by atoms with van der Waals surface area (Å²) >= 11 is 0. The predicted molar refractivity (Wildman–Crippen MR) is 123 cm³/mol. The van der Waals surface area contributed by atoms with Gasteiger partial charge < -0.3 is 4.74 Å². The molecule has 152 valence electrons. The maximum absolute atomic E-state index is 6.38. The van der Waals surface area contributed by atoms with Gasteiger partial charge in [-0.25, -0.2) is 9.97 Å². The highest BCUT2D eigenvalue weighted by Gasteiger charge is 2.30. The Hall–Kier alpha value is -2.94. The molecule has 0 fully saturated rings. The molecule has 0 saturated carbocycles. The fourth-order valence-corrected chi connectivity index (χ4v) is 5.08. The number of para-hydroxylation sites is 2. The van der Waals surface area contributed by atoms with Crippen molar-refractivity contribution in [3.8, 4) is 5.75 Å². The van der Waals surface area contributed by atoms with Crippen LogP contribution < -0.4 is 4.74 Å². The second kappa shape index (κ2) is 8.06. The van der Waals surface area contributed by atoms with Crippen LogP contribution >= 0.6 is 0 Å². The van der Waals surface area contributed by atoms with Crippen molar-refractivity contribution >= 4 is 22.1 Å². The highest BCUT2D eigenvalue weighted by Crippen LogP contribution is 2.44. The minimum atomic E-state index is 0.539. The molecule has 2 atom stereocenters. The van der Waals surface area contributed by atoms with E-state index < -0.39 is 0 Å². The van der Waals surface area contributed by atoms with E-state index >= 15 is 0 Å². The van der Waals surface area contributed by atoms with E-state index in [1.807, 2.05) is 24.3 Å². The number of nitrogens with zero attached hydrogens (tertiary/aromatic N) is 2. The Morgan fingerprint density at radius 3 is 2.27 bits per heavy atom. The Morgan fingerprint density at radius 1 is 0.867 bits per heavy atom. The van der Waals surface area contributed by atoms with Gasteiger partial charge in [-0.05, 0) is 66.0 Å². The van der Waals surface area contributed by atoms with E-state index in [0.717, 1.165) is 52.1 Å². The van der Waals surface area contributed by atoms with Crippen molar-refractivity contribution in [1.82, 2.24) is 9.97 Å². The summed E-state index contributed by atoms with van der Waals surface area (Å²) in [5.41, 5.74) is 7.77. The van der Waals surface area contributed by atoms with Gasteiger partial charge >= 0.3 is 0 Å². The lowest BCUT2D eigenvalue weighted by Gasteiger charge is -2.33. The van der Waals surface area contributed by atoms with Gasteiger partial charge in [0.1, 0.15) is 17.9 Å². The normalized spacial score (nSPS) is 18.5. The Kier molecular flexibility index (Phi) is 5.12. The van der Waals surface area contributed by atoms with Crippen molar-refractivity contribution in [3.05, 3.63) is 77.4 Å². The van der Waals surface area contributed by atoms with Crippen LogP contribution in [0.2, 0.25) is 0 Å². The third-order valence-corrected chi connectivity index (χ3v) is 6.66. The molecule has 0 spiro atoms. The van der Waals surface area contributed by atoms with Gasteiger partial charge in [0.2, 0.25) is 0 Å². The highest BCUT2D eigenvalue weighted by molar-refractivity contribution is 5.92. The molecule has 5 rings (SSSR count). The molecule has 1 aliphatic rings. The standard InChI is InChI=1S/C27H28N2O/c1-3-19-14-15-21-22(20(19)4-2)16-25(30-17-18-10-6-5-7-11-18)27-26(21)28-23-12-8-9-13-24(23)29-27/h5-13,16,19-20H,3-4,14-15,17H2,1-2H3. The first-order valence-electron chi connectivity index (χ1n) is 11.2. The Morgan fingerprint density at radius 2 is 1.57 bits per heavy atom. The van der Waals surface area contributed by atoms with Gasteiger partial charge in [0.15, 0.2) is 0 Å². The van der Waals surface area contributed by atoms with E-state index in [1.54, 1.807) is 0 Å². The minimum Gasteiger partial charge on any atom is -0.487 e. The molecule has 0 bridgehead atoms. The topological polar surface area (TPSA) is 35.0 Å². The van der Waals surface area contributed by atoms with Crippen LogP contribution in [0.25, 0.3) is 22.1 Å². The van der Waals surface area contributed by atoms with Gasteiger partial charge in [0.05, 0.1) is 16.6 Å². The van der Waals surface area contributed by atoms with Gasteiger partial charge in [-0.1, -0.05) is 62.7 Å². The number of rotatable bonds is 5. The molecule has 0 radical (unpaired) electrons. The van der Waals surface area contributed by atoms with E-state index in [2.05, 4.69) is 50.2 Å². The predicted octanol–water partition coefficient (Wildman–Crippen LogP) is 6.83. The van der Waals surface area contributed by atoms with Crippen molar-refractivity contribution in [1.29, 1.82) is 0 Å². The Balaban J connectivity index is 1.69. The zero-order valence-electron chi connectivity index (χ0n) is 17.8. The summed E-state index contributed by atoms with van der Waals surface area (Å²) in [4.78, 5) is 10.1. The van der Waals surface area contributed by atoms with Crippen molar-refractivity contribution in [2.75, 3.05) is 0 Å². The van der Waals surface area contributed by atoms with Crippen molar-refractivity contribution < 1.29 is 4.74 Å². The van der Waals surface area contributed by atoms with E-state index in [1.165, 1.54) is 24.0 Å². The maximum atomic E-state index is 6.38. The number of fused-ring (bicyclic) bond motifs is 4. The highest BCUT2D eigenvalue weighted by atomic mass is 16.5. The van der Waals surface area contributed by atoms with E-state index in [-0.39, 0.29) is 0 Å². The summed E-state index contributed by atoms with van der Waals surface area (Å²) in [6.45, 7) is 5.17. The molecule has 0 saturated heterocycles. The second-order valence-corrected chi connectivity index (χ2v) is 8.35. The number of hydrogen-bond donors (Lipinski definition) is 0. The largest absolute Gasteiger partial charge is 0.487 e. The number of hydrogen-bond acceptors (Lipinski definition) is 3. The van der Waals surface area contributed by atoms with Gasteiger partial charge in [-0.2, -0.15) is 0 Å². The van der Waals surface area contributed by atoms with Crippen LogP contribution in [0.4, 0.5) is 0 Å². The van der Waals surface area contributed by atoms with Crippen molar-refractivity contribution in [3.63, 3.8) is 0 Å². The van der Waals surface area contributed by atoms with Crippen LogP contribution in [0.1, 0.15) is 55.7 Å². The first-order valence-corrected chi connectivity index (χ1v) is 11.2. The molecule has 3 aromatic carbocycles. The summed E-state index contributed by atoms with van der Waals surface area (Å²) < 4.78 is 6.38. The van der Waals surface area contributed by atoms with Crippen LogP contribution in [0.15, 0.2) is 60.7 Å². The fraction of sp³-hybridized carbons (Fsp3) is 0.333. The third-order valence-electron chi connectivity index (χ3n) is 6.66. The molecule has 3 nitrogen and oxygen atoms in total. The lowest BCUT2D eigenvalue weighted by molar-refractivity contribution is 0.306. The van der Waals surface area contributed by atoms with E-state index in [9.17, 15) is 0 Å². The lowest BCUT2D eigenvalue weighted by Crippen LogP contribution is -2.21. The Labute approximate surface area is 178 Å².